The lowest BCUT2D eigenvalue weighted by molar-refractivity contribution is -0.0843. The number of aromatic amines is 2. The van der Waals surface area contributed by atoms with Crippen LogP contribution in [0.2, 0.25) is 0 Å². The van der Waals surface area contributed by atoms with E-state index in [1.807, 2.05) is 78.9 Å². The molecule has 0 spiro atoms. The Hall–Kier alpha value is -6.40. The Balaban J connectivity index is 1.13. The topological polar surface area (TPSA) is 207 Å². The highest BCUT2D eigenvalue weighted by Crippen LogP contribution is 2.44. The summed E-state index contributed by atoms with van der Waals surface area (Å²) in [7, 11) is 3.21. The van der Waals surface area contributed by atoms with Crippen molar-refractivity contribution in [3.63, 3.8) is 0 Å². The van der Waals surface area contributed by atoms with Crippen molar-refractivity contribution >= 4 is 0 Å². The van der Waals surface area contributed by atoms with E-state index in [0.29, 0.717) is 28.3 Å². The predicted octanol–water partition coefficient (Wildman–Crippen LogP) is 3.04. The van der Waals surface area contributed by atoms with Gasteiger partial charge in [0.2, 0.25) is 0 Å². The first kappa shape index (κ1) is 40.4. The minimum absolute atomic E-state index is 0.000134. The zero-order valence-electron chi connectivity index (χ0n) is 33.4. The van der Waals surface area contributed by atoms with Crippen molar-refractivity contribution in [1.82, 2.24) is 34.1 Å². The van der Waals surface area contributed by atoms with Crippen LogP contribution in [-0.2, 0) is 26.2 Å². The summed E-state index contributed by atoms with van der Waals surface area (Å²) >= 11 is 0. The van der Waals surface area contributed by atoms with Crippen LogP contribution in [0, 0.1) is 13.8 Å². The second kappa shape index (κ2) is 16.7. The van der Waals surface area contributed by atoms with Crippen molar-refractivity contribution in [2.45, 2.75) is 75.5 Å². The van der Waals surface area contributed by atoms with Gasteiger partial charge in [0.15, 0.2) is 0 Å². The number of H-pyrrole nitrogens is 2. The van der Waals surface area contributed by atoms with Crippen LogP contribution < -0.4 is 32.0 Å². The first-order valence-electron chi connectivity index (χ1n) is 19.5. The molecule has 0 unspecified atom stereocenters. The number of aromatic nitrogens is 7. The normalized spacial score (nSPS) is 21.6. The Labute approximate surface area is 342 Å². The largest absolute Gasteiger partial charge is 0.497 e. The van der Waals surface area contributed by atoms with Crippen LogP contribution in [0.15, 0.2) is 117 Å². The Bertz CT molecular complexity index is 2640. The molecular weight excluding hydrogens is 775 g/mol. The molecule has 0 radical (unpaired) electrons. The summed E-state index contributed by atoms with van der Waals surface area (Å²) in [6, 6.07) is 24.6. The molecule has 0 aliphatic carbocycles. The van der Waals surface area contributed by atoms with E-state index in [1.165, 1.54) is 21.5 Å². The molecule has 2 fully saturated rings. The summed E-state index contributed by atoms with van der Waals surface area (Å²) < 4.78 is 35.3. The summed E-state index contributed by atoms with van der Waals surface area (Å²) in [5.41, 5.74) is 0.237. The third kappa shape index (κ3) is 7.75. The van der Waals surface area contributed by atoms with E-state index in [1.54, 1.807) is 38.9 Å². The maximum atomic E-state index is 13.2. The molecule has 3 aromatic carbocycles. The van der Waals surface area contributed by atoms with Crippen molar-refractivity contribution in [3.8, 4) is 11.5 Å². The predicted molar refractivity (Wildman–Crippen MR) is 216 cm³/mol. The average molecular weight is 820 g/mol. The Morgan fingerprint density at radius 2 is 1.23 bits per heavy atom. The molecule has 312 valence electrons. The van der Waals surface area contributed by atoms with E-state index in [-0.39, 0.29) is 25.9 Å². The second-order valence-corrected chi connectivity index (χ2v) is 15.0. The zero-order valence-corrected chi connectivity index (χ0v) is 33.4. The lowest BCUT2D eigenvalue weighted by Crippen LogP contribution is -2.37. The van der Waals surface area contributed by atoms with Gasteiger partial charge in [-0.2, -0.15) is 0 Å². The Kier molecular flexibility index (Phi) is 11.2. The molecule has 3 aromatic heterocycles. The fourth-order valence-corrected chi connectivity index (χ4v) is 8.04. The number of aliphatic hydroxyl groups excluding tert-OH is 1. The molecule has 2 aliphatic rings. The van der Waals surface area contributed by atoms with Gasteiger partial charge in [0.25, 0.3) is 11.1 Å². The van der Waals surface area contributed by atoms with Gasteiger partial charge in [-0.05, 0) is 54.8 Å². The number of hydrogen-bond acceptors (Lipinski definition) is 12. The molecular formula is C43H45N7O10. The van der Waals surface area contributed by atoms with Crippen molar-refractivity contribution in [2.24, 2.45) is 0 Å². The Morgan fingerprint density at radius 1 is 0.717 bits per heavy atom. The number of rotatable bonds is 13. The number of ether oxygens (including phenoxy) is 5. The molecule has 0 amide bonds. The SMILES string of the molecule is COc1ccc(C(OC[C@H]2O[C@@H](n3cc(C)c(=O)[nH]c3=O)C[C@@H]2n2cc(C[C@H]3O[C@@H](n4cc(C)c(=O)[nH]c4=O)C[C@@H]3O)nn2)(c2ccccc2)c2ccc(OC)cc2)cc1. The lowest BCUT2D eigenvalue weighted by atomic mass is 9.80. The highest BCUT2D eigenvalue weighted by Gasteiger charge is 2.44. The van der Waals surface area contributed by atoms with Gasteiger partial charge in [0.1, 0.15) is 35.7 Å². The van der Waals surface area contributed by atoms with Crippen LogP contribution in [-0.4, -0.2) is 78.3 Å². The maximum absolute atomic E-state index is 13.2. The van der Waals surface area contributed by atoms with Gasteiger partial charge < -0.3 is 28.8 Å². The van der Waals surface area contributed by atoms with E-state index >= 15 is 0 Å². The molecule has 5 heterocycles. The van der Waals surface area contributed by atoms with Crippen LogP contribution >= 0.6 is 0 Å². The maximum Gasteiger partial charge on any atom is 0.330 e. The fourth-order valence-electron chi connectivity index (χ4n) is 8.04. The molecule has 6 atom stereocenters. The van der Waals surface area contributed by atoms with Gasteiger partial charge in [-0.1, -0.05) is 59.8 Å². The number of aliphatic hydroxyl groups is 1. The number of nitrogens with zero attached hydrogens (tertiary/aromatic N) is 5. The van der Waals surface area contributed by atoms with Crippen LogP contribution in [0.3, 0.4) is 0 Å². The monoisotopic (exact) mass is 819 g/mol. The highest BCUT2D eigenvalue weighted by molar-refractivity contribution is 5.49. The zero-order chi connectivity index (χ0) is 42.1. The number of nitrogens with one attached hydrogen (secondary N) is 2. The van der Waals surface area contributed by atoms with Crippen molar-refractivity contribution < 1.29 is 28.8 Å². The summed E-state index contributed by atoms with van der Waals surface area (Å²) in [6.45, 7) is 3.20. The summed E-state index contributed by atoms with van der Waals surface area (Å²) in [5, 5.41) is 19.9. The number of hydrogen-bond donors (Lipinski definition) is 3. The number of aryl methyl sites for hydroxylation is 2. The van der Waals surface area contributed by atoms with Crippen LogP contribution in [0.4, 0.5) is 0 Å². The van der Waals surface area contributed by atoms with Crippen molar-refractivity contribution in [2.75, 3.05) is 20.8 Å². The van der Waals surface area contributed by atoms with Gasteiger partial charge >= 0.3 is 11.4 Å². The summed E-state index contributed by atoms with van der Waals surface area (Å²) in [6.07, 6.45) is 1.20. The molecule has 2 saturated heterocycles. The number of methoxy groups -OCH3 is 2. The van der Waals surface area contributed by atoms with E-state index in [9.17, 15) is 24.3 Å². The average Bonchev–Trinajstić information content (AvgIpc) is 4.00. The van der Waals surface area contributed by atoms with Crippen molar-refractivity contribution in [3.05, 3.63) is 173 Å². The smallest absolute Gasteiger partial charge is 0.330 e. The van der Waals surface area contributed by atoms with E-state index in [2.05, 4.69) is 20.3 Å². The van der Waals surface area contributed by atoms with Gasteiger partial charge in [-0.3, -0.25) is 28.7 Å². The van der Waals surface area contributed by atoms with Gasteiger partial charge in [-0.15, -0.1) is 5.10 Å². The molecule has 8 rings (SSSR count). The third-order valence-corrected chi connectivity index (χ3v) is 11.3. The minimum atomic E-state index is -1.18. The third-order valence-electron chi connectivity index (χ3n) is 11.3. The van der Waals surface area contributed by atoms with Crippen molar-refractivity contribution in [1.29, 1.82) is 0 Å². The summed E-state index contributed by atoms with van der Waals surface area (Å²) in [4.78, 5) is 54.7. The molecule has 0 saturated carbocycles. The minimum Gasteiger partial charge on any atom is -0.497 e. The van der Waals surface area contributed by atoms with Gasteiger partial charge in [0.05, 0.1) is 44.8 Å². The molecule has 0 bridgehead atoms. The molecule has 60 heavy (non-hydrogen) atoms. The van der Waals surface area contributed by atoms with E-state index in [0.717, 1.165) is 16.7 Å². The summed E-state index contributed by atoms with van der Waals surface area (Å²) in [5.74, 6) is 1.35. The first-order valence-corrected chi connectivity index (χ1v) is 19.5. The second-order valence-electron chi connectivity index (χ2n) is 15.0. The van der Waals surface area contributed by atoms with E-state index in [4.69, 9.17) is 23.7 Å². The molecule has 2 aliphatic heterocycles. The highest BCUT2D eigenvalue weighted by atomic mass is 16.6. The lowest BCUT2D eigenvalue weighted by Gasteiger charge is -2.37. The Morgan fingerprint density at radius 3 is 1.78 bits per heavy atom. The molecule has 3 N–H and O–H groups in total. The molecule has 6 aromatic rings. The molecule has 17 nitrogen and oxygen atoms in total. The van der Waals surface area contributed by atoms with E-state index < -0.39 is 64.9 Å². The molecule has 17 heteroatoms. The standard InChI is InChI=1S/C43H45N7O10/c1-25-21-48(41(54)44-39(25)52)37-19-33(50-23-30(46-47-50)18-35-34(51)20-38(59-35)49-22-26(2)40(53)45-42(49)55)36(60-37)24-58-43(27-8-6-5-7-9-27,28-10-14-31(56-3)15-11-28)29-12-16-32(57-4)17-13-29/h5-17,21-23,33-38,51H,18-20,24H2,1-4H3,(H,44,52,54)(H,45,53,55)/t33-,34-,35+,36+,37+,38+/m0/s1. The number of benzene rings is 3. The van der Waals surface area contributed by atoms with Gasteiger partial charge in [0, 0.05) is 49.0 Å². The first-order chi connectivity index (χ1) is 29.0. The van der Waals surface area contributed by atoms with Crippen LogP contribution in [0.1, 0.15) is 64.9 Å². The fraction of sp³-hybridized carbons (Fsp3) is 0.349. The van der Waals surface area contributed by atoms with Crippen LogP contribution in [0.25, 0.3) is 0 Å². The quantitative estimate of drug-likeness (QED) is 0.144. The van der Waals surface area contributed by atoms with Gasteiger partial charge in [-0.25, -0.2) is 14.3 Å². The van der Waals surface area contributed by atoms with Crippen LogP contribution in [0.5, 0.6) is 11.5 Å².